The average Bonchev–Trinajstić information content (AvgIpc) is 3.35. The maximum absolute atomic E-state index is 14.3. The van der Waals surface area contributed by atoms with Gasteiger partial charge in [-0.25, -0.2) is 13.2 Å². The van der Waals surface area contributed by atoms with Gasteiger partial charge in [-0.2, -0.15) is 0 Å². The van der Waals surface area contributed by atoms with Crippen LogP contribution in [0.4, 0.5) is 24.5 Å². The smallest absolute Gasteiger partial charge is 0.258 e. The van der Waals surface area contributed by atoms with Crippen molar-refractivity contribution < 1.29 is 22.8 Å². The summed E-state index contributed by atoms with van der Waals surface area (Å²) < 4.78 is 39.7. The fourth-order valence-electron chi connectivity index (χ4n) is 3.55. The van der Waals surface area contributed by atoms with E-state index < -0.39 is 51.0 Å². The Kier molecular flexibility index (Phi) is 6.75. The first-order valence-corrected chi connectivity index (χ1v) is 11.2. The summed E-state index contributed by atoms with van der Waals surface area (Å²) in [6, 6.07) is 10.6. The Hall–Kier alpha value is -2.45. The summed E-state index contributed by atoms with van der Waals surface area (Å²) in [6.45, 7) is 0. The first kappa shape index (κ1) is 24.7. The van der Waals surface area contributed by atoms with Crippen LogP contribution in [0, 0.1) is 23.4 Å². The zero-order valence-electron chi connectivity index (χ0n) is 16.8. The molecule has 0 aliphatic heterocycles. The summed E-state index contributed by atoms with van der Waals surface area (Å²) in [7, 11) is 0. The lowest BCUT2D eigenvalue weighted by Crippen LogP contribution is -2.19. The molecule has 0 saturated heterocycles. The second-order valence-corrected chi connectivity index (χ2v) is 9.82. The second-order valence-electron chi connectivity index (χ2n) is 7.57. The van der Waals surface area contributed by atoms with Crippen molar-refractivity contribution in [3.8, 4) is 0 Å². The first-order valence-electron chi connectivity index (χ1n) is 9.68. The maximum Gasteiger partial charge on any atom is 0.258 e. The molecule has 1 aliphatic rings. The SMILES string of the molecule is O=C(Nc1ccc(F)cc1F)c1cc(NC(=O)[C@@H]2[C@@H](c3ccc(Cl)c(Cl)c3)C2(Cl)Cl)ccc1F. The predicted octanol–water partition coefficient (Wildman–Crippen LogP) is 7.19. The van der Waals surface area contributed by atoms with E-state index in [9.17, 15) is 22.8 Å². The summed E-state index contributed by atoms with van der Waals surface area (Å²) in [5.74, 6) is -5.77. The van der Waals surface area contributed by atoms with E-state index in [0.717, 1.165) is 24.3 Å². The number of rotatable bonds is 5. The molecule has 0 heterocycles. The fourth-order valence-corrected chi connectivity index (χ4v) is 4.69. The van der Waals surface area contributed by atoms with Crippen LogP contribution in [0.25, 0.3) is 0 Å². The molecule has 4 nitrogen and oxygen atoms in total. The molecule has 3 aromatic carbocycles. The van der Waals surface area contributed by atoms with E-state index in [1.165, 1.54) is 6.07 Å². The largest absolute Gasteiger partial charge is 0.326 e. The van der Waals surface area contributed by atoms with Gasteiger partial charge in [-0.05, 0) is 48.0 Å². The molecule has 4 rings (SSSR count). The summed E-state index contributed by atoms with van der Waals surface area (Å²) in [5.41, 5.74) is -0.113. The number of amides is 2. The van der Waals surface area contributed by atoms with E-state index in [4.69, 9.17) is 46.4 Å². The zero-order chi connectivity index (χ0) is 24.8. The van der Waals surface area contributed by atoms with Crippen LogP contribution >= 0.6 is 46.4 Å². The molecule has 1 saturated carbocycles. The molecule has 0 unspecified atom stereocenters. The molecule has 0 bridgehead atoms. The summed E-state index contributed by atoms with van der Waals surface area (Å²) in [5, 5.41) is 5.33. The molecule has 0 spiro atoms. The van der Waals surface area contributed by atoms with Gasteiger partial charge in [0.2, 0.25) is 5.91 Å². The van der Waals surface area contributed by atoms with Gasteiger partial charge in [0, 0.05) is 17.7 Å². The highest BCUT2D eigenvalue weighted by atomic mass is 35.5. The molecular weight excluding hydrogens is 535 g/mol. The highest BCUT2D eigenvalue weighted by Gasteiger charge is 2.67. The van der Waals surface area contributed by atoms with E-state index in [1.54, 1.807) is 18.2 Å². The monoisotopic (exact) mass is 546 g/mol. The summed E-state index contributed by atoms with van der Waals surface area (Å²) >= 11 is 24.6. The predicted molar refractivity (Wildman–Crippen MR) is 126 cm³/mol. The van der Waals surface area contributed by atoms with Crippen molar-refractivity contribution in [3.63, 3.8) is 0 Å². The number of hydrogen-bond acceptors (Lipinski definition) is 2. The Bertz CT molecular complexity index is 1320. The second kappa shape index (κ2) is 9.30. The zero-order valence-corrected chi connectivity index (χ0v) is 19.8. The van der Waals surface area contributed by atoms with Crippen LogP contribution in [0.3, 0.4) is 0 Å². The van der Waals surface area contributed by atoms with E-state index in [-0.39, 0.29) is 16.4 Å². The number of halogens is 7. The molecule has 2 N–H and O–H groups in total. The number of carbonyl (C=O) groups is 2. The Balaban J connectivity index is 1.51. The number of benzene rings is 3. The van der Waals surface area contributed by atoms with Crippen LogP contribution in [0.5, 0.6) is 0 Å². The molecule has 1 fully saturated rings. The number of carbonyl (C=O) groups excluding carboxylic acids is 2. The van der Waals surface area contributed by atoms with Gasteiger partial charge in [0.1, 0.15) is 21.8 Å². The van der Waals surface area contributed by atoms with Crippen molar-refractivity contribution >= 4 is 69.6 Å². The van der Waals surface area contributed by atoms with Crippen molar-refractivity contribution in [1.82, 2.24) is 0 Å². The van der Waals surface area contributed by atoms with E-state index in [0.29, 0.717) is 16.7 Å². The third kappa shape index (κ3) is 4.84. The minimum atomic E-state index is -1.42. The Morgan fingerprint density at radius 3 is 2.24 bits per heavy atom. The average molecular weight is 548 g/mol. The minimum Gasteiger partial charge on any atom is -0.326 e. The lowest BCUT2D eigenvalue weighted by atomic mass is 10.1. The van der Waals surface area contributed by atoms with Crippen LogP contribution in [-0.4, -0.2) is 16.1 Å². The van der Waals surface area contributed by atoms with Gasteiger partial charge < -0.3 is 10.6 Å². The van der Waals surface area contributed by atoms with Crippen LogP contribution < -0.4 is 10.6 Å². The third-order valence-electron chi connectivity index (χ3n) is 5.30. The molecule has 2 amide bonds. The van der Waals surface area contributed by atoms with Crippen LogP contribution in [-0.2, 0) is 4.79 Å². The fraction of sp³-hybridized carbons (Fsp3) is 0.130. The van der Waals surface area contributed by atoms with E-state index in [2.05, 4.69) is 10.6 Å². The van der Waals surface area contributed by atoms with Gasteiger partial charge in [-0.1, -0.05) is 29.3 Å². The lowest BCUT2D eigenvalue weighted by molar-refractivity contribution is -0.117. The Morgan fingerprint density at radius 2 is 1.56 bits per heavy atom. The summed E-state index contributed by atoms with van der Waals surface area (Å²) in [6.07, 6.45) is 0. The van der Waals surface area contributed by atoms with Crippen molar-refractivity contribution in [2.24, 2.45) is 5.92 Å². The number of anilines is 2. The normalized spacial score (nSPS) is 18.3. The standard InChI is InChI=1S/C23H13Cl4F3N2O2/c24-14-4-1-10(7-15(14)25)19-20(23(19,26)27)22(34)31-12-3-5-16(29)13(9-12)21(33)32-18-6-2-11(28)8-17(18)30/h1-9,19-20H,(H,31,34)(H,32,33)/t19-,20+/m1/s1. The molecule has 0 radical (unpaired) electrons. The van der Waals surface area contributed by atoms with E-state index >= 15 is 0 Å². The minimum absolute atomic E-state index is 0.0834. The first-order chi connectivity index (χ1) is 16.0. The third-order valence-corrected chi connectivity index (χ3v) is 6.98. The molecule has 0 aromatic heterocycles. The topological polar surface area (TPSA) is 58.2 Å². The molecule has 11 heteroatoms. The van der Waals surface area contributed by atoms with Crippen molar-refractivity contribution in [3.05, 3.63) is 93.2 Å². The van der Waals surface area contributed by atoms with Crippen molar-refractivity contribution in [2.45, 2.75) is 10.3 Å². The molecule has 176 valence electrons. The summed E-state index contributed by atoms with van der Waals surface area (Å²) in [4.78, 5) is 25.3. The van der Waals surface area contributed by atoms with Crippen LogP contribution in [0.1, 0.15) is 21.8 Å². The molecule has 34 heavy (non-hydrogen) atoms. The Labute approximate surface area is 211 Å². The quantitative estimate of drug-likeness (QED) is 0.332. The van der Waals surface area contributed by atoms with Gasteiger partial charge in [-0.15, -0.1) is 23.2 Å². The Morgan fingerprint density at radius 1 is 0.824 bits per heavy atom. The number of nitrogens with one attached hydrogen (secondary N) is 2. The molecular formula is C23H13Cl4F3N2O2. The van der Waals surface area contributed by atoms with Gasteiger partial charge in [0.25, 0.3) is 5.91 Å². The number of alkyl halides is 2. The van der Waals surface area contributed by atoms with Gasteiger partial charge in [0.15, 0.2) is 0 Å². The number of hydrogen-bond donors (Lipinski definition) is 2. The van der Waals surface area contributed by atoms with Crippen LogP contribution in [0.15, 0.2) is 54.6 Å². The van der Waals surface area contributed by atoms with Gasteiger partial charge in [-0.3, -0.25) is 9.59 Å². The van der Waals surface area contributed by atoms with Gasteiger partial charge in [0.05, 0.1) is 27.2 Å². The highest BCUT2D eigenvalue weighted by molar-refractivity contribution is 6.53. The van der Waals surface area contributed by atoms with Crippen molar-refractivity contribution in [2.75, 3.05) is 10.6 Å². The van der Waals surface area contributed by atoms with Crippen molar-refractivity contribution in [1.29, 1.82) is 0 Å². The van der Waals surface area contributed by atoms with E-state index in [1.807, 2.05) is 0 Å². The molecule has 3 aromatic rings. The molecule has 2 atom stereocenters. The highest BCUT2D eigenvalue weighted by Crippen LogP contribution is 2.65. The maximum atomic E-state index is 14.3. The van der Waals surface area contributed by atoms with Gasteiger partial charge >= 0.3 is 0 Å². The molecule has 1 aliphatic carbocycles. The van der Waals surface area contributed by atoms with Crippen LogP contribution in [0.2, 0.25) is 10.0 Å². The lowest BCUT2D eigenvalue weighted by Gasteiger charge is -2.10.